The number of aromatic nitrogens is 2. The number of pyridine rings is 1. The van der Waals surface area contributed by atoms with Crippen molar-refractivity contribution in [1.29, 1.82) is 0 Å². The third-order valence-electron chi connectivity index (χ3n) is 6.88. The number of nitrogens with two attached hydrogens (primary N) is 1. The number of carbonyl (C=O) groups excluding carboxylic acids is 3. The van der Waals surface area contributed by atoms with Gasteiger partial charge < -0.3 is 41.1 Å². The summed E-state index contributed by atoms with van der Waals surface area (Å²) in [6.45, 7) is 0.0470. The summed E-state index contributed by atoms with van der Waals surface area (Å²) >= 11 is 2.30. The van der Waals surface area contributed by atoms with E-state index in [0.717, 1.165) is 28.4 Å². The van der Waals surface area contributed by atoms with Gasteiger partial charge in [-0.25, -0.2) is 14.3 Å². The first-order valence-electron chi connectivity index (χ1n) is 13.5. The second-order valence-corrected chi connectivity index (χ2v) is 12.1. The number of carboxylic acid groups (broad SMARTS) is 2. The number of β-lactam (4-membered cyclic amide) rings is 1. The summed E-state index contributed by atoms with van der Waals surface area (Å²) in [4.78, 5) is 60.6. The van der Waals surface area contributed by atoms with E-state index < -0.39 is 59.7 Å². The van der Waals surface area contributed by atoms with Gasteiger partial charge in [0.05, 0.1) is 28.5 Å². The molecule has 2 unspecified atom stereocenters. The number of anilines is 1. The highest BCUT2D eigenvalue weighted by Gasteiger charge is 2.52. The summed E-state index contributed by atoms with van der Waals surface area (Å²) in [6, 6.07) is 6.48. The molecule has 4 heterocycles. The van der Waals surface area contributed by atoms with Crippen LogP contribution in [0.2, 0.25) is 0 Å². The molecule has 2 aliphatic heterocycles. The Hall–Kier alpha value is -5.42. The average molecular weight is 667 g/mol. The van der Waals surface area contributed by atoms with Crippen molar-refractivity contribution in [1.82, 2.24) is 15.2 Å². The van der Waals surface area contributed by atoms with E-state index in [1.54, 1.807) is 12.2 Å². The number of oxime groups is 1. The third kappa shape index (κ3) is 6.94. The van der Waals surface area contributed by atoms with Crippen LogP contribution < -0.4 is 20.7 Å². The highest BCUT2D eigenvalue weighted by atomic mass is 32.2. The van der Waals surface area contributed by atoms with Gasteiger partial charge in [0.25, 0.3) is 5.91 Å². The number of nitrogens with zero attached hydrogens (tertiary/aromatic N) is 4. The van der Waals surface area contributed by atoms with Crippen molar-refractivity contribution in [2.45, 2.75) is 31.0 Å². The molecule has 3 aromatic rings. The summed E-state index contributed by atoms with van der Waals surface area (Å²) in [6.07, 6.45) is 8.11. The summed E-state index contributed by atoms with van der Waals surface area (Å²) in [7, 11) is 0. The predicted molar refractivity (Wildman–Crippen MR) is 162 cm³/mol. The van der Waals surface area contributed by atoms with Gasteiger partial charge in [0, 0.05) is 29.6 Å². The zero-order chi connectivity index (χ0) is 33.0. The van der Waals surface area contributed by atoms with Crippen LogP contribution in [0, 0.1) is 0 Å². The fourth-order valence-corrected chi connectivity index (χ4v) is 6.70. The number of hydrogen-bond donors (Lipinski definition) is 5. The van der Waals surface area contributed by atoms with Gasteiger partial charge >= 0.3 is 5.97 Å². The fourth-order valence-electron chi connectivity index (χ4n) is 4.71. The standard InChI is InChI=1S/C29H26N6O9S2/c30-29-31-12-21(46-29)18(33-44-13-16-9-19(36)20(37)10-17(16)27(40)41)11-22(38)32-23-25(39)35-24(28(42)43)15(14-45-26(23)35)5-4-8-34-6-2-1-3-7-34/h1-7,9-10,12,23,26H,8,11,13-14H2,(H6-,30,31,32,33,36,37,38,40,41,42,43)/b5-4+. The van der Waals surface area contributed by atoms with Gasteiger partial charge in [-0.1, -0.05) is 28.6 Å². The van der Waals surface area contributed by atoms with Crippen molar-refractivity contribution >= 4 is 57.7 Å². The van der Waals surface area contributed by atoms with Crippen molar-refractivity contribution in [3.63, 3.8) is 0 Å². The van der Waals surface area contributed by atoms with Crippen LogP contribution >= 0.6 is 23.1 Å². The van der Waals surface area contributed by atoms with E-state index in [2.05, 4.69) is 15.5 Å². The normalized spacial score (nSPS) is 17.9. The topological polar surface area (TPSA) is 232 Å². The third-order valence-corrected chi connectivity index (χ3v) is 9.06. The number of allylic oxidation sites excluding steroid dienone is 2. The molecule has 5 rings (SSSR count). The number of thiazole rings is 1. The molecule has 0 radical (unpaired) electrons. The molecule has 2 amide bonds. The Kier molecular flexibility index (Phi) is 9.53. The Bertz CT molecular complexity index is 1790. The number of amides is 2. The van der Waals surface area contributed by atoms with Crippen molar-refractivity contribution in [2.75, 3.05) is 11.5 Å². The molecule has 2 aromatic heterocycles. The fraction of sp³-hybridized carbons (Fsp3) is 0.207. The van der Waals surface area contributed by atoms with Gasteiger partial charge in [0.2, 0.25) is 5.91 Å². The van der Waals surface area contributed by atoms with Crippen LogP contribution in [-0.4, -0.2) is 71.8 Å². The Morgan fingerprint density at radius 2 is 1.96 bits per heavy atom. The van der Waals surface area contributed by atoms with Crippen LogP contribution in [0.1, 0.15) is 27.2 Å². The number of phenolic OH excluding ortho intramolecular Hbond substituents is 2. The Morgan fingerprint density at radius 3 is 2.63 bits per heavy atom. The van der Waals surface area contributed by atoms with Gasteiger partial charge in [-0.2, -0.15) is 0 Å². The number of carboxylic acids is 2. The van der Waals surface area contributed by atoms with E-state index in [9.17, 15) is 39.6 Å². The maximum Gasteiger partial charge on any atom is 0.336 e. The molecule has 0 spiro atoms. The molecule has 1 fully saturated rings. The molecule has 0 bridgehead atoms. The van der Waals surface area contributed by atoms with Crippen LogP contribution in [0.3, 0.4) is 0 Å². The summed E-state index contributed by atoms with van der Waals surface area (Å²) in [5.41, 5.74) is 5.64. The van der Waals surface area contributed by atoms with Gasteiger partial charge in [-0.15, -0.1) is 11.8 Å². The minimum absolute atomic E-state index is 0.00142. The van der Waals surface area contributed by atoms with Gasteiger partial charge in [-0.05, 0) is 23.8 Å². The molecule has 1 saturated heterocycles. The molecule has 1 aromatic carbocycles. The number of aromatic carboxylic acids is 1. The van der Waals surface area contributed by atoms with Crippen LogP contribution in [0.5, 0.6) is 11.5 Å². The number of aromatic hydroxyl groups is 2. The second-order valence-electron chi connectivity index (χ2n) is 9.95. The van der Waals surface area contributed by atoms with E-state index in [0.29, 0.717) is 17.0 Å². The molecule has 6 N–H and O–H groups in total. The maximum atomic E-state index is 13.1. The average Bonchev–Trinajstić information content (AvgIpc) is 3.46. The van der Waals surface area contributed by atoms with Gasteiger partial charge in [0.1, 0.15) is 23.7 Å². The van der Waals surface area contributed by atoms with E-state index in [1.165, 1.54) is 18.0 Å². The Labute approximate surface area is 268 Å². The lowest BCUT2D eigenvalue weighted by Gasteiger charge is -2.50. The molecular formula is C29H26N6O9S2. The van der Waals surface area contributed by atoms with Gasteiger partial charge in [0.15, 0.2) is 35.6 Å². The van der Waals surface area contributed by atoms with Crippen LogP contribution in [0.25, 0.3) is 0 Å². The largest absolute Gasteiger partial charge is 0.543 e. The number of benzene rings is 1. The van der Waals surface area contributed by atoms with Crippen LogP contribution in [0.4, 0.5) is 5.13 Å². The number of aliphatic carboxylic acids is 1. The monoisotopic (exact) mass is 666 g/mol. The minimum atomic E-state index is -1.50. The first kappa shape index (κ1) is 32.0. The van der Waals surface area contributed by atoms with Crippen LogP contribution in [0.15, 0.2) is 77.5 Å². The van der Waals surface area contributed by atoms with Crippen molar-refractivity contribution in [2.24, 2.45) is 5.16 Å². The number of phenols is 2. The molecule has 17 heteroatoms. The number of rotatable bonds is 12. The molecule has 46 heavy (non-hydrogen) atoms. The molecule has 238 valence electrons. The zero-order valence-electron chi connectivity index (χ0n) is 23.7. The quantitative estimate of drug-likeness (QED) is 0.0569. The Balaban J connectivity index is 1.27. The lowest BCUT2D eigenvalue weighted by Crippen LogP contribution is -2.71. The molecule has 0 saturated carbocycles. The highest BCUT2D eigenvalue weighted by molar-refractivity contribution is 8.00. The lowest BCUT2D eigenvalue weighted by atomic mass is 10.0. The van der Waals surface area contributed by atoms with Crippen molar-refractivity contribution < 1.29 is 49.0 Å². The minimum Gasteiger partial charge on any atom is -0.543 e. The number of carbonyl (C=O) groups is 4. The summed E-state index contributed by atoms with van der Waals surface area (Å²) in [5.74, 6) is -5.04. The van der Waals surface area contributed by atoms with Crippen LogP contribution in [-0.2, 0) is 32.4 Å². The second kappa shape index (κ2) is 13.7. The molecule has 2 atom stereocenters. The lowest BCUT2D eigenvalue weighted by molar-refractivity contribution is -0.687. The first-order chi connectivity index (χ1) is 22.0. The van der Waals surface area contributed by atoms with Crippen molar-refractivity contribution in [3.8, 4) is 11.5 Å². The number of hydrogen-bond acceptors (Lipinski definition) is 13. The van der Waals surface area contributed by atoms with E-state index in [4.69, 9.17) is 10.6 Å². The highest BCUT2D eigenvalue weighted by Crippen LogP contribution is 2.40. The Morgan fingerprint density at radius 1 is 1.22 bits per heavy atom. The van der Waals surface area contributed by atoms with E-state index in [1.807, 2.05) is 35.2 Å². The number of thioether (sulfide) groups is 1. The number of nitrogens with one attached hydrogen (secondary N) is 1. The number of nitrogen functional groups attached to an aromatic ring is 1. The number of fused-ring (bicyclic) bond motifs is 1. The van der Waals surface area contributed by atoms with Crippen molar-refractivity contribution in [3.05, 3.63) is 88.3 Å². The van der Waals surface area contributed by atoms with Gasteiger partial charge in [-0.3, -0.25) is 14.5 Å². The summed E-state index contributed by atoms with van der Waals surface area (Å²) < 4.78 is 1.89. The first-order valence-corrected chi connectivity index (χ1v) is 15.4. The molecular weight excluding hydrogens is 640 g/mol. The predicted octanol–water partition coefficient (Wildman–Crippen LogP) is 0.0935. The zero-order valence-corrected chi connectivity index (χ0v) is 25.4. The SMILES string of the molecule is Nc1ncc(/C(CC(=O)NC2C(=O)N3C(C(=O)[O-])=C(/C=C/C[n+]4ccccc4)CSC23)=N\OCc2cc(O)c(O)cc2C(=O)O)s1. The van der Waals surface area contributed by atoms with E-state index >= 15 is 0 Å². The maximum absolute atomic E-state index is 13.1. The molecule has 15 nitrogen and oxygen atoms in total. The smallest absolute Gasteiger partial charge is 0.336 e. The summed E-state index contributed by atoms with van der Waals surface area (Å²) in [5, 5.41) is 47.0. The van der Waals surface area contributed by atoms with E-state index in [-0.39, 0.29) is 33.4 Å². The molecule has 2 aliphatic rings. The molecule has 0 aliphatic carbocycles.